The van der Waals surface area contributed by atoms with Crippen LogP contribution in [0.5, 0.6) is 0 Å². The SMILES string of the molecule is CCOC(=O)[C@H](C)n1c(C)cc2c1C(=O)CCC2. The van der Waals surface area contributed by atoms with Crippen LogP contribution in [-0.2, 0) is 16.0 Å². The first-order chi connectivity index (χ1) is 8.56. The Balaban J connectivity index is 2.41. The van der Waals surface area contributed by atoms with Gasteiger partial charge in [-0.1, -0.05) is 0 Å². The van der Waals surface area contributed by atoms with Gasteiger partial charge in [-0.05, 0) is 45.2 Å². The maximum atomic E-state index is 12.0. The summed E-state index contributed by atoms with van der Waals surface area (Å²) in [5.41, 5.74) is 2.73. The summed E-state index contributed by atoms with van der Waals surface area (Å²) in [5, 5.41) is 0. The van der Waals surface area contributed by atoms with E-state index in [0.717, 1.165) is 24.1 Å². The lowest BCUT2D eigenvalue weighted by Crippen LogP contribution is -2.25. The number of ether oxygens (including phenoxy) is 1. The molecule has 0 saturated carbocycles. The summed E-state index contributed by atoms with van der Waals surface area (Å²) in [6, 6.07) is 1.58. The number of esters is 1. The molecule has 0 bridgehead atoms. The minimum absolute atomic E-state index is 0.139. The largest absolute Gasteiger partial charge is 0.464 e. The van der Waals surface area contributed by atoms with Crippen molar-refractivity contribution in [1.29, 1.82) is 0 Å². The van der Waals surface area contributed by atoms with E-state index < -0.39 is 6.04 Å². The molecular formula is C14H19NO3. The Morgan fingerprint density at radius 2 is 2.22 bits per heavy atom. The van der Waals surface area contributed by atoms with Gasteiger partial charge in [-0.15, -0.1) is 0 Å². The summed E-state index contributed by atoms with van der Waals surface area (Å²) in [7, 11) is 0. The molecule has 0 N–H and O–H groups in total. The number of nitrogens with zero attached hydrogens (tertiary/aromatic N) is 1. The summed E-state index contributed by atoms with van der Waals surface area (Å²) in [4.78, 5) is 23.9. The van der Waals surface area contributed by atoms with Crippen molar-refractivity contribution in [3.63, 3.8) is 0 Å². The molecule has 1 aliphatic carbocycles. The Kier molecular flexibility index (Phi) is 3.55. The van der Waals surface area contributed by atoms with Crippen molar-refractivity contribution in [2.45, 2.75) is 46.1 Å². The zero-order chi connectivity index (χ0) is 13.3. The van der Waals surface area contributed by atoms with E-state index in [4.69, 9.17) is 4.74 Å². The second-order valence-corrected chi connectivity index (χ2v) is 4.73. The van der Waals surface area contributed by atoms with Crippen molar-refractivity contribution >= 4 is 11.8 Å². The van der Waals surface area contributed by atoms with Gasteiger partial charge in [0.05, 0.1) is 12.3 Å². The molecule has 0 unspecified atom stereocenters. The number of aryl methyl sites for hydroxylation is 2. The van der Waals surface area contributed by atoms with E-state index in [1.54, 1.807) is 13.8 Å². The molecule has 0 aromatic carbocycles. The number of rotatable bonds is 3. The molecule has 0 spiro atoms. The third-order valence-corrected chi connectivity index (χ3v) is 3.44. The molecule has 0 fully saturated rings. The molecule has 0 saturated heterocycles. The monoisotopic (exact) mass is 249 g/mol. The summed E-state index contributed by atoms with van der Waals surface area (Å²) >= 11 is 0. The van der Waals surface area contributed by atoms with Gasteiger partial charge in [0.2, 0.25) is 0 Å². The number of carbonyl (C=O) groups excluding carboxylic acids is 2. The first-order valence-corrected chi connectivity index (χ1v) is 6.46. The van der Waals surface area contributed by atoms with Gasteiger partial charge < -0.3 is 9.30 Å². The Labute approximate surface area is 107 Å². The van der Waals surface area contributed by atoms with E-state index in [9.17, 15) is 9.59 Å². The normalized spacial score (nSPS) is 16.3. The molecule has 0 radical (unpaired) electrons. The van der Waals surface area contributed by atoms with E-state index in [0.29, 0.717) is 18.7 Å². The van der Waals surface area contributed by atoms with E-state index in [1.807, 2.05) is 17.6 Å². The number of hydrogen-bond acceptors (Lipinski definition) is 3. The number of aromatic nitrogens is 1. The Morgan fingerprint density at radius 3 is 2.89 bits per heavy atom. The van der Waals surface area contributed by atoms with Gasteiger partial charge in [0, 0.05) is 12.1 Å². The topological polar surface area (TPSA) is 48.3 Å². The lowest BCUT2D eigenvalue weighted by Gasteiger charge is -2.20. The lowest BCUT2D eigenvalue weighted by atomic mass is 9.96. The van der Waals surface area contributed by atoms with Crippen LogP contribution in [0.2, 0.25) is 0 Å². The van der Waals surface area contributed by atoms with Crippen LogP contribution >= 0.6 is 0 Å². The van der Waals surface area contributed by atoms with E-state index in [-0.39, 0.29) is 11.8 Å². The van der Waals surface area contributed by atoms with Gasteiger partial charge in [0.15, 0.2) is 5.78 Å². The second-order valence-electron chi connectivity index (χ2n) is 4.73. The van der Waals surface area contributed by atoms with E-state index in [1.165, 1.54) is 0 Å². The summed E-state index contributed by atoms with van der Waals surface area (Å²) in [5.74, 6) is -0.141. The summed E-state index contributed by atoms with van der Waals surface area (Å²) in [6.07, 6.45) is 2.40. The Bertz CT molecular complexity index is 487. The molecule has 0 amide bonds. The highest BCUT2D eigenvalue weighted by atomic mass is 16.5. The third-order valence-electron chi connectivity index (χ3n) is 3.44. The summed E-state index contributed by atoms with van der Waals surface area (Å²) < 4.78 is 6.87. The van der Waals surface area contributed by atoms with Crippen LogP contribution < -0.4 is 0 Å². The highest BCUT2D eigenvalue weighted by Crippen LogP contribution is 2.28. The molecular weight excluding hydrogens is 230 g/mol. The Morgan fingerprint density at radius 1 is 1.50 bits per heavy atom. The molecule has 0 aliphatic heterocycles. The predicted molar refractivity (Wildman–Crippen MR) is 67.8 cm³/mol. The number of Topliss-reactive ketones (excluding diaryl/α,β-unsaturated/α-hetero) is 1. The van der Waals surface area contributed by atoms with Crippen molar-refractivity contribution in [3.8, 4) is 0 Å². The molecule has 1 aromatic heterocycles. The van der Waals surface area contributed by atoms with Crippen LogP contribution in [0.4, 0.5) is 0 Å². The van der Waals surface area contributed by atoms with Gasteiger partial charge >= 0.3 is 5.97 Å². The van der Waals surface area contributed by atoms with Crippen molar-refractivity contribution in [2.24, 2.45) is 0 Å². The van der Waals surface area contributed by atoms with Gasteiger partial charge in [0.1, 0.15) is 6.04 Å². The molecule has 18 heavy (non-hydrogen) atoms. The van der Waals surface area contributed by atoms with Crippen LogP contribution in [0.1, 0.15) is 54.5 Å². The fraction of sp³-hybridized carbons (Fsp3) is 0.571. The Hall–Kier alpha value is -1.58. The van der Waals surface area contributed by atoms with Crippen molar-refractivity contribution in [2.75, 3.05) is 6.61 Å². The van der Waals surface area contributed by atoms with Crippen LogP contribution in [0.3, 0.4) is 0 Å². The highest BCUT2D eigenvalue weighted by molar-refractivity contribution is 5.97. The van der Waals surface area contributed by atoms with Crippen molar-refractivity contribution < 1.29 is 14.3 Å². The fourth-order valence-electron chi connectivity index (χ4n) is 2.65. The lowest BCUT2D eigenvalue weighted by molar-refractivity contribution is -0.146. The van der Waals surface area contributed by atoms with Crippen LogP contribution in [0, 0.1) is 6.92 Å². The molecule has 1 atom stereocenters. The number of hydrogen-bond donors (Lipinski definition) is 0. The first-order valence-electron chi connectivity index (χ1n) is 6.46. The zero-order valence-electron chi connectivity index (χ0n) is 11.2. The predicted octanol–water partition coefficient (Wildman–Crippen LogP) is 2.44. The van der Waals surface area contributed by atoms with Crippen molar-refractivity contribution in [3.05, 3.63) is 23.0 Å². The second kappa shape index (κ2) is 4.96. The van der Waals surface area contributed by atoms with Crippen LogP contribution in [-0.4, -0.2) is 22.9 Å². The number of carbonyl (C=O) groups is 2. The summed E-state index contributed by atoms with van der Waals surface area (Å²) in [6.45, 7) is 5.86. The minimum Gasteiger partial charge on any atom is -0.464 e. The standard InChI is InChI=1S/C14H19NO3/c1-4-18-14(17)10(3)15-9(2)8-11-6-5-7-12(16)13(11)15/h8,10H,4-7H2,1-3H3/t10-/m0/s1. The highest BCUT2D eigenvalue weighted by Gasteiger charge is 2.28. The van der Waals surface area contributed by atoms with E-state index >= 15 is 0 Å². The fourth-order valence-corrected chi connectivity index (χ4v) is 2.65. The van der Waals surface area contributed by atoms with Gasteiger partial charge in [-0.2, -0.15) is 0 Å². The molecule has 1 aromatic rings. The van der Waals surface area contributed by atoms with Crippen molar-refractivity contribution in [1.82, 2.24) is 4.57 Å². The third kappa shape index (κ3) is 2.07. The van der Waals surface area contributed by atoms with E-state index in [2.05, 4.69) is 0 Å². The van der Waals surface area contributed by atoms with Gasteiger partial charge in [-0.25, -0.2) is 4.79 Å². The molecule has 2 rings (SSSR count). The zero-order valence-corrected chi connectivity index (χ0v) is 11.2. The maximum absolute atomic E-state index is 12.0. The molecule has 98 valence electrons. The molecule has 1 aliphatic rings. The number of ketones is 1. The average Bonchev–Trinajstić information content (AvgIpc) is 2.66. The molecule has 4 nitrogen and oxygen atoms in total. The van der Waals surface area contributed by atoms with Crippen LogP contribution in [0.15, 0.2) is 6.07 Å². The van der Waals surface area contributed by atoms with Gasteiger partial charge in [-0.3, -0.25) is 4.79 Å². The average molecular weight is 249 g/mol. The molecule has 4 heteroatoms. The number of fused-ring (bicyclic) bond motifs is 1. The van der Waals surface area contributed by atoms with Gasteiger partial charge in [0.25, 0.3) is 0 Å². The quantitative estimate of drug-likeness (QED) is 0.773. The van der Waals surface area contributed by atoms with Crippen LogP contribution in [0.25, 0.3) is 0 Å². The smallest absolute Gasteiger partial charge is 0.328 e. The maximum Gasteiger partial charge on any atom is 0.328 e. The first kappa shape index (κ1) is 12.9. The minimum atomic E-state index is -0.434. The molecule has 1 heterocycles.